The van der Waals surface area contributed by atoms with Gasteiger partial charge in [0.25, 0.3) is 0 Å². The number of likely N-dealkylation sites (tertiary alicyclic amines) is 1. The number of ether oxygens (including phenoxy) is 2. The first kappa shape index (κ1) is 27.9. The minimum absolute atomic E-state index is 0.0498. The fourth-order valence-electron chi connectivity index (χ4n) is 5.61. The van der Waals surface area contributed by atoms with E-state index in [1.807, 2.05) is 41.3 Å². The molecule has 3 atom stereocenters. The highest BCUT2D eigenvalue weighted by Gasteiger charge is 2.47. The Morgan fingerprint density at radius 3 is 2.68 bits per heavy atom. The number of aromatic nitrogens is 1. The van der Waals surface area contributed by atoms with Crippen LogP contribution in [0.4, 0.5) is 0 Å². The molecule has 0 bridgehead atoms. The first-order chi connectivity index (χ1) is 18.5. The zero-order valence-electron chi connectivity index (χ0n) is 22.3. The molecule has 2 aliphatic rings. The maximum absolute atomic E-state index is 13.5. The smallest absolute Gasteiger partial charge is 0.308 e. The molecule has 2 aliphatic heterocycles. The Morgan fingerprint density at radius 2 is 1.95 bits per heavy atom. The number of rotatable bonds is 14. The molecule has 0 aliphatic carbocycles. The summed E-state index contributed by atoms with van der Waals surface area (Å²) in [4.78, 5) is 34.7. The fourth-order valence-corrected chi connectivity index (χ4v) is 5.61. The second-order valence-electron chi connectivity index (χ2n) is 10.2. The summed E-state index contributed by atoms with van der Waals surface area (Å²) in [5.41, 5.74) is 7.49. The van der Waals surface area contributed by atoms with E-state index in [1.54, 1.807) is 6.20 Å². The van der Waals surface area contributed by atoms with Gasteiger partial charge in [0.2, 0.25) is 12.7 Å². The number of benzene rings is 1. The molecule has 0 spiro atoms. The van der Waals surface area contributed by atoms with Gasteiger partial charge in [-0.05, 0) is 68.5 Å². The standard InChI is InChI=1S/C29H40N4O5/c1-2-3-15-32(16-7-5-13-30)27(34)19-33-18-23(21-9-12-25-26(17-21)38-20-37-25)28(29(35)36)24(33)11-10-22-8-4-6-14-31-22/h4,6,8-9,12,14,17,23-24,28H,2-3,5,7,10-11,13,15-16,18-20,30H2,1H3,(H,35,36). The lowest BCUT2D eigenvalue weighted by atomic mass is 9.83. The van der Waals surface area contributed by atoms with Crippen molar-refractivity contribution in [2.75, 3.05) is 39.5 Å². The van der Waals surface area contributed by atoms with Crippen molar-refractivity contribution in [3.63, 3.8) is 0 Å². The largest absolute Gasteiger partial charge is 0.481 e. The maximum atomic E-state index is 13.5. The predicted molar refractivity (Wildman–Crippen MR) is 144 cm³/mol. The van der Waals surface area contributed by atoms with Crippen LogP contribution in [0.15, 0.2) is 42.6 Å². The SMILES string of the molecule is CCCCN(CCCCN)C(=O)CN1CC(c2ccc3c(c2)OCO3)C(C(=O)O)C1CCc1ccccn1. The number of carbonyl (C=O) groups excluding carboxylic acids is 1. The third-order valence-corrected chi connectivity index (χ3v) is 7.64. The van der Waals surface area contributed by atoms with Gasteiger partial charge in [0.15, 0.2) is 11.5 Å². The van der Waals surface area contributed by atoms with Gasteiger partial charge in [-0.2, -0.15) is 0 Å². The zero-order valence-corrected chi connectivity index (χ0v) is 22.3. The summed E-state index contributed by atoms with van der Waals surface area (Å²) >= 11 is 0. The van der Waals surface area contributed by atoms with E-state index in [9.17, 15) is 14.7 Å². The molecule has 1 saturated heterocycles. The van der Waals surface area contributed by atoms with Gasteiger partial charge in [0.05, 0.1) is 12.5 Å². The number of carboxylic acid groups (broad SMARTS) is 1. The van der Waals surface area contributed by atoms with Gasteiger partial charge < -0.3 is 25.2 Å². The summed E-state index contributed by atoms with van der Waals surface area (Å²) in [5, 5.41) is 10.4. The van der Waals surface area contributed by atoms with Gasteiger partial charge in [-0.3, -0.25) is 19.5 Å². The monoisotopic (exact) mass is 524 g/mol. The highest BCUT2D eigenvalue weighted by atomic mass is 16.7. The second-order valence-corrected chi connectivity index (χ2v) is 10.2. The number of pyridine rings is 1. The summed E-state index contributed by atoms with van der Waals surface area (Å²) < 4.78 is 11.0. The van der Waals surface area contributed by atoms with Crippen LogP contribution in [0.2, 0.25) is 0 Å². The van der Waals surface area contributed by atoms with E-state index in [0.29, 0.717) is 50.5 Å². The topological polar surface area (TPSA) is 118 Å². The first-order valence-electron chi connectivity index (χ1n) is 13.8. The van der Waals surface area contributed by atoms with Crippen molar-refractivity contribution >= 4 is 11.9 Å². The van der Waals surface area contributed by atoms with Crippen molar-refractivity contribution in [3.05, 3.63) is 53.9 Å². The third kappa shape index (κ3) is 6.82. The zero-order chi connectivity index (χ0) is 26.9. The van der Waals surface area contributed by atoms with Crippen molar-refractivity contribution < 1.29 is 24.2 Å². The predicted octanol–water partition coefficient (Wildman–Crippen LogP) is 3.28. The van der Waals surface area contributed by atoms with Crippen LogP contribution in [-0.2, 0) is 16.0 Å². The molecule has 0 saturated carbocycles. The van der Waals surface area contributed by atoms with E-state index in [1.165, 1.54) is 0 Å². The van der Waals surface area contributed by atoms with Crippen molar-refractivity contribution in [1.29, 1.82) is 0 Å². The Hall–Kier alpha value is -3.17. The molecule has 4 rings (SSSR count). The molecule has 1 aromatic heterocycles. The molecule has 9 heteroatoms. The number of amides is 1. The third-order valence-electron chi connectivity index (χ3n) is 7.64. The average Bonchev–Trinajstić information content (AvgIpc) is 3.54. The van der Waals surface area contributed by atoms with Crippen LogP contribution in [0.3, 0.4) is 0 Å². The lowest BCUT2D eigenvalue weighted by Gasteiger charge is -2.29. The Balaban J connectivity index is 1.57. The van der Waals surface area contributed by atoms with Gasteiger partial charge in [-0.1, -0.05) is 25.5 Å². The minimum atomic E-state index is -0.848. The number of nitrogens with two attached hydrogens (primary N) is 1. The molecule has 206 valence electrons. The molecule has 3 unspecified atom stereocenters. The van der Waals surface area contributed by atoms with Crippen LogP contribution in [0.1, 0.15) is 56.2 Å². The Bertz CT molecular complexity index is 1070. The number of hydrogen-bond donors (Lipinski definition) is 2. The molecule has 0 radical (unpaired) electrons. The van der Waals surface area contributed by atoms with E-state index in [-0.39, 0.29) is 31.2 Å². The first-order valence-corrected chi connectivity index (χ1v) is 13.8. The summed E-state index contributed by atoms with van der Waals surface area (Å²) in [6, 6.07) is 11.1. The molecule has 3 N–H and O–H groups in total. The minimum Gasteiger partial charge on any atom is -0.481 e. The van der Waals surface area contributed by atoms with Crippen LogP contribution in [0.25, 0.3) is 0 Å². The van der Waals surface area contributed by atoms with Crippen molar-refractivity contribution in [2.24, 2.45) is 11.7 Å². The number of hydrogen-bond acceptors (Lipinski definition) is 7. The average molecular weight is 525 g/mol. The maximum Gasteiger partial charge on any atom is 0.308 e. The van der Waals surface area contributed by atoms with Crippen molar-refractivity contribution in [1.82, 2.24) is 14.8 Å². The van der Waals surface area contributed by atoms with Crippen LogP contribution < -0.4 is 15.2 Å². The number of unbranched alkanes of at least 4 members (excludes halogenated alkanes) is 2. The van der Waals surface area contributed by atoms with Crippen molar-refractivity contribution in [3.8, 4) is 11.5 Å². The molecule has 9 nitrogen and oxygen atoms in total. The number of carbonyl (C=O) groups is 2. The van der Waals surface area contributed by atoms with Gasteiger partial charge in [-0.25, -0.2) is 0 Å². The summed E-state index contributed by atoms with van der Waals surface area (Å²) in [5.74, 6) is -0.426. The molecular formula is C29H40N4O5. The molecule has 3 heterocycles. The van der Waals surface area contributed by atoms with E-state index in [2.05, 4.69) is 16.8 Å². The molecule has 1 fully saturated rings. The molecular weight excluding hydrogens is 484 g/mol. The molecule has 1 aromatic carbocycles. The van der Waals surface area contributed by atoms with Gasteiger partial charge in [-0.15, -0.1) is 0 Å². The highest BCUT2D eigenvalue weighted by molar-refractivity contribution is 5.79. The number of fused-ring (bicyclic) bond motifs is 1. The van der Waals surface area contributed by atoms with Crippen LogP contribution in [0, 0.1) is 5.92 Å². The van der Waals surface area contributed by atoms with Crippen molar-refractivity contribution in [2.45, 2.75) is 57.4 Å². The normalized spacial score (nSPS) is 20.5. The number of nitrogens with zero attached hydrogens (tertiary/aromatic N) is 3. The summed E-state index contributed by atoms with van der Waals surface area (Å²) in [7, 11) is 0. The van der Waals surface area contributed by atoms with Crippen LogP contribution in [0.5, 0.6) is 11.5 Å². The van der Waals surface area contributed by atoms with E-state index >= 15 is 0 Å². The summed E-state index contributed by atoms with van der Waals surface area (Å²) in [6.45, 7) is 4.95. The van der Waals surface area contributed by atoms with Crippen LogP contribution >= 0.6 is 0 Å². The summed E-state index contributed by atoms with van der Waals surface area (Å²) in [6.07, 6.45) is 6.68. The van der Waals surface area contributed by atoms with E-state index < -0.39 is 11.9 Å². The van der Waals surface area contributed by atoms with E-state index in [4.69, 9.17) is 15.2 Å². The quantitative estimate of drug-likeness (QED) is 0.362. The lowest BCUT2D eigenvalue weighted by molar-refractivity contribution is -0.143. The Kier molecular flexibility index (Phi) is 9.95. The van der Waals surface area contributed by atoms with Gasteiger partial charge >= 0.3 is 5.97 Å². The highest BCUT2D eigenvalue weighted by Crippen LogP contribution is 2.43. The molecule has 38 heavy (non-hydrogen) atoms. The molecule has 2 aromatic rings. The van der Waals surface area contributed by atoms with Gasteiger partial charge in [0, 0.05) is 43.5 Å². The molecule has 1 amide bonds. The Labute approximate surface area is 224 Å². The second kappa shape index (κ2) is 13.6. The Morgan fingerprint density at radius 1 is 1.13 bits per heavy atom. The lowest BCUT2D eigenvalue weighted by Crippen LogP contribution is -2.45. The number of aliphatic carboxylic acids is 1. The van der Waals surface area contributed by atoms with Crippen LogP contribution in [-0.4, -0.2) is 77.3 Å². The van der Waals surface area contributed by atoms with Gasteiger partial charge in [0.1, 0.15) is 0 Å². The van der Waals surface area contributed by atoms with E-state index in [0.717, 1.165) is 36.9 Å². The fraction of sp³-hybridized carbons (Fsp3) is 0.552. The number of aryl methyl sites for hydroxylation is 1. The number of carboxylic acids is 1.